The van der Waals surface area contributed by atoms with E-state index in [1.807, 2.05) is 11.8 Å². The summed E-state index contributed by atoms with van der Waals surface area (Å²) in [6.45, 7) is 7.72. The second-order valence-electron chi connectivity index (χ2n) is 3.50. The summed E-state index contributed by atoms with van der Waals surface area (Å²) in [5.74, 6) is 0.175. The Balaban J connectivity index is 0.00000196. The summed E-state index contributed by atoms with van der Waals surface area (Å²) in [7, 11) is 0. The van der Waals surface area contributed by atoms with Crippen LogP contribution in [0.15, 0.2) is 0 Å². The number of hydrogen-bond donors (Lipinski definition) is 1. The Morgan fingerprint density at radius 1 is 1.53 bits per heavy atom. The third-order valence-electron chi connectivity index (χ3n) is 2.41. The Hall–Kier alpha value is -0.320. The molecule has 1 unspecified atom stereocenters. The van der Waals surface area contributed by atoms with Crippen molar-refractivity contribution in [3.8, 4) is 0 Å². The van der Waals surface area contributed by atoms with Gasteiger partial charge in [0.2, 0.25) is 5.91 Å². The lowest BCUT2D eigenvalue weighted by Gasteiger charge is -2.29. The highest BCUT2D eigenvalue weighted by atomic mass is 35.5. The highest BCUT2D eigenvalue weighted by Crippen LogP contribution is 2.00. The predicted molar refractivity (Wildman–Crippen MR) is 62.4 cm³/mol. The minimum atomic E-state index is -0.129. The summed E-state index contributed by atoms with van der Waals surface area (Å²) < 4.78 is 5.27. The maximum atomic E-state index is 11.9. The van der Waals surface area contributed by atoms with Crippen molar-refractivity contribution >= 4 is 18.3 Å². The molecule has 15 heavy (non-hydrogen) atoms. The van der Waals surface area contributed by atoms with Crippen LogP contribution in [0, 0.1) is 0 Å². The van der Waals surface area contributed by atoms with Gasteiger partial charge in [0.15, 0.2) is 0 Å². The summed E-state index contributed by atoms with van der Waals surface area (Å²) in [5, 5.41) is 3.18. The quantitative estimate of drug-likeness (QED) is 0.780. The number of nitrogens with one attached hydrogen (secondary N) is 1. The number of morpholine rings is 1. The number of amides is 1. The maximum Gasteiger partial charge on any atom is 0.242 e. The van der Waals surface area contributed by atoms with Crippen molar-refractivity contribution in [3.63, 3.8) is 0 Å². The predicted octanol–water partition coefficient (Wildman–Crippen LogP) is 0.655. The standard InChI is InChI=1S/C10H20N2O2.ClH/c1-3-6-12(4-2)10(13)9-8-14-7-5-11-9;/h9,11H,3-8H2,1-2H3;1H. The molecule has 0 aromatic carbocycles. The molecule has 0 aromatic rings. The Morgan fingerprint density at radius 3 is 2.73 bits per heavy atom. The highest BCUT2D eigenvalue weighted by molar-refractivity contribution is 5.85. The van der Waals surface area contributed by atoms with E-state index in [1.54, 1.807) is 0 Å². The van der Waals surface area contributed by atoms with Gasteiger partial charge >= 0.3 is 0 Å². The van der Waals surface area contributed by atoms with Crippen LogP contribution in [-0.2, 0) is 9.53 Å². The number of rotatable bonds is 4. The van der Waals surface area contributed by atoms with Gasteiger partial charge in [0.1, 0.15) is 6.04 Å². The van der Waals surface area contributed by atoms with Crippen LogP contribution >= 0.6 is 12.4 Å². The molecule has 0 saturated carbocycles. The SMILES string of the molecule is CCCN(CC)C(=O)C1COCCN1.Cl. The molecule has 90 valence electrons. The van der Waals surface area contributed by atoms with Gasteiger partial charge < -0.3 is 15.0 Å². The van der Waals surface area contributed by atoms with Gasteiger partial charge in [0.25, 0.3) is 0 Å². The van der Waals surface area contributed by atoms with Gasteiger partial charge in [0.05, 0.1) is 13.2 Å². The minimum absolute atomic E-state index is 0. The molecular weight excluding hydrogens is 216 g/mol. The largest absolute Gasteiger partial charge is 0.378 e. The molecule has 4 nitrogen and oxygen atoms in total. The van der Waals surface area contributed by atoms with Gasteiger partial charge in [-0.2, -0.15) is 0 Å². The second-order valence-corrected chi connectivity index (χ2v) is 3.50. The number of likely N-dealkylation sites (N-methyl/N-ethyl adjacent to an activating group) is 1. The van der Waals surface area contributed by atoms with Crippen LogP contribution in [0.4, 0.5) is 0 Å². The summed E-state index contributed by atoms with van der Waals surface area (Å²) in [6.07, 6.45) is 1.01. The monoisotopic (exact) mass is 236 g/mol. The Bertz CT molecular complexity index is 178. The molecule has 0 radical (unpaired) electrons. The molecule has 1 saturated heterocycles. The fourth-order valence-corrected chi connectivity index (χ4v) is 1.64. The zero-order valence-corrected chi connectivity index (χ0v) is 10.3. The zero-order chi connectivity index (χ0) is 10.4. The third kappa shape index (κ3) is 4.36. The molecule has 1 aliphatic rings. The first kappa shape index (κ1) is 14.7. The van der Waals surface area contributed by atoms with E-state index in [2.05, 4.69) is 12.2 Å². The summed E-state index contributed by atoms with van der Waals surface area (Å²) in [4.78, 5) is 13.8. The van der Waals surface area contributed by atoms with Crippen molar-refractivity contribution < 1.29 is 9.53 Å². The summed E-state index contributed by atoms with van der Waals surface area (Å²) >= 11 is 0. The smallest absolute Gasteiger partial charge is 0.242 e. The fraction of sp³-hybridized carbons (Fsp3) is 0.900. The van der Waals surface area contributed by atoms with Crippen molar-refractivity contribution in [2.45, 2.75) is 26.3 Å². The van der Waals surface area contributed by atoms with Crippen molar-refractivity contribution in [2.24, 2.45) is 0 Å². The van der Waals surface area contributed by atoms with Gasteiger partial charge in [0, 0.05) is 19.6 Å². The average molecular weight is 237 g/mol. The molecule has 1 amide bonds. The molecular formula is C10H21ClN2O2. The van der Waals surface area contributed by atoms with Gasteiger partial charge in [-0.3, -0.25) is 4.79 Å². The fourth-order valence-electron chi connectivity index (χ4n) is 1.64. The van der Waals surface area contributed by atoms with Gasteiger partial charge in [-0.25, -0.2) is 0 Å². The molecule has 1 rings (SSSR count). The number of hydrogen-bond acceptors (Lipinski definition) is 3. The van der Waals surface area contributed by atoms with Gasteiger partial charge in [-0.1, -0.05) is 6.92 Å². The highest BCUT2D eigenvalue weighted by Gasteiger charge is 2.24. The molecule has 5 heteroatoms. The molecule has 0 spiro atoms. The third-order valence-corrected chi connectivity index (χ3v) is 2.41. The van der Waals surface area contributed by atoms with E-state index in [9.17, 15) is 4.79 Å². The molecule has 0 bridgehead atoms. The number of carbonyl (C=O) groups is 1. The lowest BCUT2D eigenvalue weighted by Crippen LogP contribution is -2.52. The lowest BCUT2D eigenvalue weighted by molar-refractivity contribution is -0.136. The molecule has 1 N–H and O–H groups in total. The molecule has 0 aromatic heterocycles. The number of ether oxygens (including phenoxy) is 1. The normalized spacial score (nSPS) is 20.5. The zero-order valence-electron chi connectivity index (χ0n) is 9.49. The van der Waals surface area contributed by atoms with Crippen LogP contribution < -0.4 is 5.32 Å². The van der Waals surface area contributed by atoms with Crippen molar-refractivity contribution in [1.82, 2.24) is 10.2 Å². The Morgan fingerprint density at radius 2 is 2.27 bits per heavy atom. The minimum Gasteiger partial charge on any atom is -0.378 e. The van der Waals surface area contributed by atoms with E-state index < -0.39 is 0 Å². The Labute approximate surface area is 97.8 Å². The van der Waals surface area contributed by atoms with E-state index in [4.69, 9.17) is 4.74 Å². The molecule has 1 heterocycles. The first-order chi connectivity index (χ1) is 6.79. The maximum absolute atomic E-state index is 11.9. The van der Waals surface area contributed by atoms with Gasteiger partial charge in [-0.15, -0.1) is 12.4 Å². The lowest BCUT2D eigenvalue weighted by atomic mass is 10.2. The van der Waals surface area contributed by atoms with Crippen LogP contribution in [0.2, 0.25) is 0 Å². The summed E-state index contributed by atoms with van der Waals surface area (Å²) in [5.41, 5.74) is 0. The van der Waals surface area contributed by atoms with Crippen molar-refractivity contribution in [3.05, 3.63) is 0 Å². The molecule has 1 aliphatic heterocycles. The number of nitrogens with zero attached hydrogens (tertiary/aromatic N) is 1. The number of carbonyl (C=O) groups excluding carboxylic acids is 1. The van der Waals surface area contributed by atoms with E-state index in [0.29, 0.717) is 13.2 Å². The van der Waals surface area contributed by atoms with E-state index in [1.165, 1.54) is 0 Å². The summed E-state index contributed by atoms with van der Waals surface area (Å²) in [6, 6.07) is -0.129. The van der Waals surface area contributed by atoms with Crippen molar-refractivity contribution in [1.29, 1.82) is 0 Å². The Kier molecular flexibility index (Phi) is 7.74. The van der Waals surface area contributed by atoms with E-state index >= 15 is 0 Å². The second kappa shape index (κ2) is 7.91. The first-order valence-electron chi connectivity index (χ1n) is 5.39. The van der Waals surface area contributed by atoms with E-state index in [0.717, 1.165) is 26.1 Å². The molecule has 0 aliphatic carbocycles. The van der Waals surface area contributed by atoms with Crippen LogP contribution in [0.5, 0.6) is 0 Å². The topological polar surface area (TPSA) is 41.6 Å². The van der Waals surface area contributed by atoms with Crippen LogP contribution in [0.25, 0.3) is 0 Å². The van der Waals surface area contributed by atoms with Crippen molar-refractivity contribution in [2.75, 3.05) is 32.8 Å². The first-order valence-corrected chi connectivity index (χ1v) is 5.39. The van der Waals surface area contributed by atoms with Crippen LogP contribution in [-0.4, -0.2) is 49.7 Å². The number of halogens is 1. The van der Waals surface area contributed by atoms with Crippen LogP contribution in [0.3, 0.4) is 0 Å². The molecule has 1 atom stereocenters. The van der Waals surface area contributed by atoms with Gasteiger partial charge in [-0.05, 0) is 13.3 Å². The van der Waals surface area contributed by atoms with Crippen LogP contribution in [0.1, 0.15) is 20.3 Å². The molecule has 1 fully saturated rings. The average Bonchev–Trinajstić information content (AvgIpc) is 2.26. The van der Waals surface area contributed by atoms with E-state index in [-0.39, 0.29) is 24.4 Å².